The summed E-state index contributed by atoms with van der Waals surface area (Å²) in [7, 11) is 0. The summed E-state index contributed by atoms with van der Waals surface area (Å²) >= 11 is 0. The van der Waals surface area contributed by atoms with Gasteiger partial charge in [0.25, 0.3) is 0 Å². The van der Waals surface area contributed by atoms with E-state index < -0.39 is 5.97 Å². The molecule has 3 aromatic rings. The number of aromatic nitrogens is 3. The van der Waals surface area contributed by atoms with Gasteiger partial charge in [0.1, 0.15) is 5.56 Å². The van der Waals surface area contributed by atoms with Crippen LogP contribution >= 0.6 is 0 Å². The van der Waals surface area contributed by atoms with Crippen molar-refractivity contribution >= 4 is 28.6 Å². The highest BCUT2D eigenvalue weighted by Crippen LogP contribution is 2.32. The molecule has 0 saturated heterocycles. The molecule has 144 valence electrons. The standard InChI is InChI=1S/C21H22N4O3/c1-4-28-21(27)16-11-22-25(19(16)24-20(26)14-8-9-14)17-10-13(3)15-7-5-6-12(2)18(15)23-17/h5-7,10-11,14H,4,8-9H2,1-3H3,(H,24,26). The summed E-state index contributed by atoms with van der Waals surface area (Å²) in [5.74, 6) is 0.206. The van der Waals surface area contributed by atoms with Crippen LogP contribution in [0.4, 0.5) is 5.82 Å². The van der Waals surface area contributed by atoms with Gasteiger partial charge in [-0.3, -0.25) is 4.79 Å². The van der Waals surface area contributed by atoms with Gasteiger partial charge in [0.2, 0.25) is 5.91 Å². The summed E-state index contributed by atoms with van der Waals surface area (Å²) in [6, 6.07) is 7.93. The molecule has 1 saturated carbocycles. The van der Waals surface area contributed by atoms with E-state index in [4.69, 9.17) is 9.72 Å². The van der Waals surface area contributed by atoms with Crippen LogP contribution in [0.2, 0.25) is 0 Å². The van der Waals surface area contributed by atoms with E-state index in [1.807, 2.05) is 38.1 Å². The fourth-order valence-electron chi connectivity index (χ4n) is 3.22. The Morgan fingerprint density at radius 3 is 2.75 bits per heavy atom. The number of carbonyl (C=O) groups excluding carboxylic acids is 2. The summed E-state index contributed by atoms with van der Waals surface area (Å²) in [6.45, 7) is 5.99. The number of fused-ring (bicyclic) bond motifs is 1. The molecule has 0 aliphatic heterocycles. The smallest absolute Gasteiger partial charge is 0.343 e. The zero-order chi connectivity index (χ0) is 19.8. The Morgan fingerprint density at radius 2 is 2.04 bits per heavy atom. The first-order valence-corrected chi connectivity index (χ1v) is 9.43. The summed E-state index contributed by atoms with van der Waals surface area (Å²) in [5.41, 5.74) is 3.17. The number of rotatable bonds is 5. The summed E-state index contributed by atoms with van der Waals surface area (Å²) in [6.07, 6.45) is 3.14. The van der Waals surface area contributed by atoms with Crippen molar-refractivity contribution in [3.05, 3.63) is 47.2 Å². The van der Waals surface area contributed by atoms with Gasteiger partial charge in [0.05, 0.1) is 18.3 Å². The second kappa shape index (κ2) is 7.07. The highest BCUT2D eigenvalue weighted by Gasteiger charge is 2.32. The van der Waals surface area contributed by atoms with Gasteiger partial charge in [-0.05, 0) is 50.8 Å². The number of hydrogen-bond donors (Lipinski definition) is 1. The average Bonchev–Trinajstić information content (AvgIpc) is 3.44. The number of aryl methyl sites for hydroxylation is 2. The first-order chi connectivity index (χ1) is 13.5. The van der Waals surface area contributed by atoms with E-state index in [0.717, 1.165) is 34.9 Å². The summed E-state index contributed by atoms with van der Waals surface area (Å²) in [4.78, 5) is 29.5. The lowest BCUT2D eigenvalue weighted by molar-refractivity contribution is -0.117. The second-order valence-corrected chi connectivity index (χ2v) is 7.07. The van der Waals surface area contributed by atoms with E-state index in [9.17, 15) is 9.59 Å². The Labute approximate surface area is 162 Å². The molecule has 1 aliphatic carbocycles. The lowest BCUT2D eigenvalue weighted by Gasteiger charge is -2.12. The molecule has 1 N–H and O–H groups in total. The average molecular weight is 378 g/mol. The van der Waals surface area contributed by atoms with Crippen molar-refractivity contribution in [2.24, 2.45) is 5.92 Å². The highest BCUT2D eigenvalue weighted by atomic mass is 16.5. The van der Waals surface area contributed by atoms with Gasteiger partial charge in [-0.15, -0.1) is 0 Å². The molecule has 1 amide bonds. The number of esters is 1. The molecule has 4 rings (SSSR count). The van der Waals surface area contributed by atoms with Crippen LogP contribution in [0.25, 0.3) is 16.7 Å². The van der Waals surface area contributed by atoms with E-state index in [0.29, 0.717) is 11.6 Å². The highest BCUT2D eigenvalue weighted by molar-refractivity contribution is 6.01. The Balaban J connectivity index is 1.84. The third-order valence-electron chi connectivity index (χ3n) is 4.91. The molecule has 0 spiro atoms. The van der Waals surface area contributed by atoms with Gasteiger partial charge < -0.3 is 10.1 Å². The molecular weight excluding hydrogens is 356 g/mol. The van der Waals surface area contributed by atoms with Crippen LogP contribution in [-0.2, 0) is 9.53 Å². The Hall–Kier alpha value is -3.22. The molecule has 1 aliphatic rings. The minimum atomic E-state index is -0.520. The maximum absolute atomic E-state index is 12.4. The van der Waals surface area contributed by atoms with Crippen LogP contribution in [0.15, 0.2) is 30.5 Å². The number of ether oxygens (including phenoxy) is 1. The molecule has 0 atom stereocenters. The van der Waals surface area contributed by atoms with E-state index >= 15 is 0 Å². The quantitative estimate of drug-likeness (QED) is 0.686. The van der Waals surface area contributed by atoms with Crippen molar-refractivity contribution in [2.75, 3.05) is 11.9 Å². The van der Waals surface area contributed by atoms with Crippen LogP contribution in [0.3, 0.4) is 0 Å². The zero-order valence-electron chi connectivity index (χ0n) is 16.2. The van der Waals surface area contributed by atoms with Crippen LogP contribution in [-0.4, -0.2) is 33.2 Å². The SMILES string of the molecule is CCOC(=O)c1cnn(-c2cc(C)c3cccc(C)c3n2)c1NC(=O)C1CC1. The van der Waals surface area contributed by atoms with E-state index in [-0.39, 0.29) is 24.0 Å². The fourth-order valence-corrected chi connectivity index (χ4v) is 3.22. The molecule has 2 aromatic heterocycles. The number of amides is 1. The van der Waals surface area contributed by atoms with Crippen molar-refractivity contribution in [3.63, 3.8) is 0 Å². The number of para-hydroxylation sites is 1. The van der Waals surface area contributed by atoms with Gasteiger partial charge >= 0.3 is 5.97 Å². The molecular formula is C21H22N4O3. The molecule has 0 unspecified atom stereocenters. The third kappa shape index (κ3) is 3.24. The molecule has 2 heterocycles. The van der Waals surface area contributed by atoms with Gasteiger partial charge in [-0.1, -0.05) is 18.2 Å². The number of nitrogens with zero attached hydrogens (tertiary/aromatic N) is 3. The Kier molecular flexibility index (Phi) is 4.58. The number of carbonyl (C=O) groups is 2. The maximum Gasteiger partial charge on any atom is 0.343 e. The van der Waals surface area contributed by atoms with Crippen molar-refractivity contribution in [1.82, 2.24) is 14.8 Å². The van der Waals surface area contributed by atoms with Crippen molar-refractivity contribution < 1.29 is 14.3 Å². The predicted molar refractivity (Wildman–Crippen MR) is 106 cm³/mol. The van der Waals surface area contributed by atoms with Crippen LogP contribution in [0, 0.1) is 19.8 Å². The van der Waals surface area contributed by atoms with Gasteiger partial charge in [-0.2, -0.15) is 9.78 Å². The van der Waals surface area contributed by atoms with Crippen molar-refractivity contribution in [2.45, 2.75) is 33.6 Å². The molecule has 28 heavy (non-hydrogen) atoms. The fraction of sp³-hybridized carbons (Fsp3) is 0.333. The zero-order valence-corrected chi connectivity index (χ0v) is 16.2. The predicted octanol–water partition coefficient (Wildman–Crippen LogP) is 3.56. The molecule has 1 fully saturated rings. The normalized spacial score (nSPS) is 13.5. The third-order valence-corrected chi connectivity index (χ3v) is 4.91. The molecule has 7 nitrogen and oxygen atoms in total. The topological polar surface area (TPSA) is 86.1 Å². The van der Waals surface area contributed by atoms with E-state index in [1.165, 1.54) is 10.9 Å². The van der Waals surface area contributed by atoms with Gasteiger partial charge in [0, 0.05) is 11.3 Å². The van der Waals surface area contributed by atoms with E-state index in [1.54, 1.807) is 6.92 Å². The van der Waals surface area contributed by atoms with Gasteiger partial charge in [0.15, 0.2) is 11.6 Å². The Bertz CT molecular complexity index is 1080. The first-order valence-electron chi connectivity index (χ1n) is 9.43. The molecule has 1 aromatic carbocycles. The number of hydrogen-bond acceptors (Lipinski definition) is 5. The molecule has 7 heteroatoms. The number of anilines is 1. The van der Waals surface area contributed by atoms with Crippen LogP contribution in [0.5, 0.6) is 0 Å². The van der Waals surface area contributed by atoms with Gasteiger partial charge in [-0.25, -0.2) is 9.78 Å². The summed E-state index contributed by atoms with van der Waals surface area (Å²) < 4.78 is 6.63. The van der Waals surface area contributed by atoms with E-state index in [2.05, 4.69) is 10.4 Å². The number of benzene rings is 1. The minimum Gasteiger partial charge on any atom is -0.462 e. The molecule has 0 radical (unpaired) electrons. The number of pyridine rings is 1. The first kappa shape index (κ1) is 18.2. The minimum absolute atomic E-state index is 0.00746. The maximum atomic E-state index is 12.4. The summed E-state index contributed by atoms with van der Waals surface area (Å²) in [5, 5.41) is 8.26. The molecule has 0 bridgehead atoms. The Morgan fingerprint density at radius 1 is 1.25 bits per heavy atom. The van der Waals surface area contributed by atoms with Crippen LogP contribution in [0.1, 0.15) is 41.3 Å². The second-order valence-electron chi connectivity index (χ2n) is 7.07. The monoisotopic (exact) mass is 378 g/mol. The van der Waals surface area contributed by atoms with Crippen molar-refractivity contribution in [1.29, 1.82) is 0 Å². The lowest BCUT2D eigenvalue weighted by Crippen LogP contribution is -2.19. The lowest BCUT2D eigenvalue weighted by atomic mass is 10.1. The largest absolute Gasteiger partial charge is 0.462 e. The number of nitrogens with one attached hydrogen (secondary N) is 1. The van der Waals surface area contributed by atoms with Crippen molar-refractivity contribution in [3.8, 4) is 5.82 Å². The van der Waals surface area contributed by atoms with Crippen LogP contribution < -0.4 is 5.32 Å².